The SMILES string of the molecule is C.[C-]#[N+]c1cnn(-c2ccccn2)c1N=Nc1c(O)c(C(=O)Nc2ncn[nH]2)cc2ccccc12.[C-]#[N+]c1cnn(-c2ncccn2)c1N=Nc1c(O)c(C(=O)Nc2cc(C)[nH]n2)cc2ccccc12.[C-]#[N+]c1cnn(-c2ncccn2)c1N=Nc1c(O)c(C(=O)Nc2ncn[nH]2)cc2ccccc12.[C-]#[N+]c1cnn(-c2ncccn2)c1N=Nc1c(O)c(C(N)=O)cc2ccccc12. The van der Waals surface area contributed by atoms with Crippen molar-refractivity contribution < 1.29 is 39.6 Å². The summed E-state index contributed by atoms with van der Waals surface area (Å²) in [4.78, 5) is 101. The lowest BCUT2D eigenvalue weighted by molar-refractivity contribution is 0.0992. The van der Waals surface area contributed by atoms with E-state index in [1.807, 2.05) is 0 Å². The van der Waals surface area contributed by atoms with E-state index < -0.39 is 35.1 Å². The first-order valence-corrected chi connectivity index (χ1v) is 38.1. The Hall–Kier alpha value is -21.0. The van der Waals surface area contributed by atoms with Gasteiger partial charge in [0.15, 0.2) is 57.9 Å². The number of pyridine rings is 1. The molecular weight excluding hydrogens is 1710 g/mol. The number of benzene rings is 8. The molecule has 0 aliphatic carbocycles. The van der Waals surface area contributed by atoms with Crippen LogP contribution in [0.25, 0.3) is 86.1 Å². The second-order valence-corrected chi connectivity index (χ2v) is 26.8. The van der Waals surface area contributed by atoms with Gasteiger partial charge in [-0.3, -0.25) is 34.9 Å². The molecule has 646 valence electrons. The van der Waals surface area contributed by atoms with E-state index in [1.54, 1.807) is 159 Å². The molecule has 0 saturated carbocycles. The number of aromatic amines is 3. The number of nitrogens with zero attached hydrogens (tertiary/aromatic N) is 32. The van der Waals surface area contributed by atoms with Crippen molar-refractivity contribution in [3.63, 3.8) is 0 Å². The third-order valence-corrected chi connectivity index (χ3v) is 18.7. The fraction of sp³-hybridized carbons (Fsp3) is 0.0233. The molecule has 0 radical (unpaired) electrons. The Morgan fingerprint density at radius 3 is 0.985 bits per heavy atom. The van der Waals surface area contributed by atoms with Gasteiger partial charge in [-0.25, -0.2) is 69.1 Å². The molecule has 0 bridgehead atoms. The summed E-state index contributed by atoms with van der Waals surface area (Å²) in [6.07, 6.45) is 18.6. The molecule has 0 spiro atoms. The number of hydrogen-bond donors (Lipinski definition) is 11. The summed E-state index contributed by atoms with van der Waals surface area (Å²) in [5.41, 5.74) is 6.68. The van der Waals surface area contributed by atoms with Gasteiger partial charge in [0.05, 0.1) is 73.3 Å². The smallest absolute Gasteiger partial charge is 0.261 e. The van der Waals surface area contributed by atoms with Crippen LogP contribution in [0.15, 0.2) is 286 Å². The fourth-order valence-electron chi connectivity index (χ4n) is 12.6. The molecule has 0 aliphatic rings. The van der Waals surface area contributed by atoms with Crippen LogP contribution in [0.5, 0.6) is 23.0 Å². The number of phenols is 4. The number of carbonyl (C=O) groups excluding carboxylic acids is 4. The number of rotatable bonds is 19. The van der Waals surface area contributed by atoms with Crippen LogP contribution < -0.4 is 21.7 Å². The fourth-order valence-corrected chi connectivity index (χ4v) is 12.6. The van der Waals surface area contributed by atoms with Gasteiger partial charge in [0.1, 0.15) is 35.4 Å². The summed E-state index contributed by atoms with van der Waals surface area (Å²) >= 11 is 0. The van der Waals surface area contributed by atoms with Gasteiger partial charge in [0.2, 0.25) is 11.9 Å². The number of aromatic hydroxyl groups is 4. The maximum atomic E-state index is 12.9. The van der Waals surface area contributed by atoms with E-state index in [-0.39, 0.29) is 140 Å². The molecule has 12 N–H and O–H groups in total. The molecule has 0 fully saturated rings. The third kappa shape index (κ3) is 18.6. The number of anilines is 3. The van der Waals surface area contributed by atoms with Crippen molar-refractivity contribution in [1.29, 1.82) is 0 Å². The average Bonchev–Trinajstić information content (AvgIpc) is 1.08. The van der Waals surface area contributed by atoms with Crippen molar-refractivity contribution in [3.05, 3.63) is 318 Å². The molecule has 19 aromatic rings. The number of hydrogen-bond acceptors (Lipinski definition) is 32. The Labute approximate surface area is 745 Å². The lowest BCUT2D eigenvalue weighted by Gasteiger charge is -2.10. The van der Waals surface area contributed by atoms with Crippen molar-refractivity contribution in [3.8, 4) is 46.7 Å². The number of carbonyl (C=O) groups is 4. The van der Waals surface area contributed by atoms with Crippen LogP contribution in [0.2, 0.25) is 0 Å². The molecule has 4 amide bonds. The predicted octanol–water partition coefficient (Wildman–Crippen LogP) is 17.3. The van der Waals surface area contributed by atoms with Gasteiger partial charge in [0.25, 0.3) is 64.2 Å². The topological polar surface area (TPSA) is 601 Å². The number of aryl methyl sites for hydroxylation is 1. The Morgan fingerprint density at radius 1 is 0.368 bits per heavy atom. The normalized spacial score (nSPS) is 11.0. The van der Waals surface area contributed by atoms with E-state index >= 15 is 0 Å². The van der Waals surface area contributed by atoms with Crippen molar-refractivity contribution in [1.82, 2.24) is 115 Å². The van der Waals surface area contributed by atoms with Gasteiger partial charge >= 0.3 is 0 Å². The van der Waals surface area contributed by atoms with E-state index in [4.69, 9.17) is 32.0 Å². The quantitative estimate of drug-likeness (QED) is 0.0264. The molecule has 0 aliphatic heterocycles. The predicted molar refractivity (Wildman–Crippen MR) is 478 cm³/mol. The van der Waals surface area contributed by atoms with Crippen molar-refractivity contribution in [2.24, 2.45) is 46.6 Å². The van der Waals surface area contributed by atoms with E-state index in [0.29, 0.717) is 54.7 Å². The Balaban J connectivity index is 0.000000135. The Kier molecular flexibility index (Phi) is 25.6. The van der Waals surface area contributed by atoms with Gasteiger partial charge in [-0.1, -0.05) is 111 Å². The maximum absolute atomic E-state index is 12.9. The molecule has 11 aromatic heterocycles. The molecule has 133 heavy (non-hydrogen) atoms. The van der Waals surface area contributed by atoms with Gasteiger partial charge in [-0.05, 0) is 83.1 Å². The van der Waals surface area contributed by atoms with Gasteiger partial charge in [-0.15, -0.1) is 40.9 Å². The first-order chi connectivity index (χ1) is 64.4. The number of amides is 4. The number of nitrogens with one attached hydrogen (secondary N) is 6. The monoisotopic (exact) mass is 1770 g/mol. The number of primary amides is 1. The van der Waals surface area contributed by atoms with E-state index in [1.165, 1.54) is 112 Å². The standard InChI is InChI=1S/C23H16N10O2.C22H14N10O2.C21H13N11O2.C19H12N8O2.CH4/c1-13-10-18(30-29-13)28-22(35)16-11-14-6-3-4-7-15(14)19(20(16)34)31-32-21-17(24-2)12-27-33(21)23-25-8-5-9-26-23;1-23-16-11-27-32(17-8-4-5-9-24-17)20(16)30-29-18-14-7-3-2-6-13(14)10-15(19(18)33)21(34)28-22-25-12-26-31-22;1-22-15-10-27-32(21-23-7-4-8-24-21)18(15)30-29-16-13-6-3-2-5-12(13)9-14(17(16)33)19(34)28-20-25-11-26-31-20;1-21-14-10-24-27(19-22-7-4-8-23-19)18(14)26-25-15-12-6-3-2-5-11(12)9-13(16(15)28)17(20)29;/h3-12,34H,1H3,(H2,28,29,30,35);2-12,33H,(H2,25,26,28,31,34);2-11,33H,(H2,25,26,28,31,34);2-10,28H,(H2,20,29);1H4. The number of phenolic OH excluding ortho intramolecular Hbond substituents is 3. The van der Waals surface area contributed by atoms with Gasteiger partial charge in [-0.2, -0.15) is 59.7 Å². The molecule has 0 unspecified atom stereocenters. The highest BCUT2D eigenvalue weighted by atomic mass is 16.3. The molecule has 11 heterocycles. The molecule has 0 saturated heterocycles. The summed E-state index contributed by atoms with van der Waals surface area (Å²) in [6.45, 7) is 31.4. The highest BCUT2D eigenvalue weighted by Crippen LogP contribution is 2.46. The highest BCUT2D eigenvalue weighted by molar-refractivity contribution is 6.14. The van der Waals surface area contributed by atoms with E-state index in [2.05, 4.69) is 172 Å². The summed E-state index contributed by atoms with van der Waals surface area (Å²) in [7, 11) is 0. The largest absolute Gasteiger partial charge is 0.505 e. The number of azo groups is 4. The summed E-state index contributed by atoms with van der Waals surface area (Å²) in [5.74, 6) is -2.18. The zero-order valence-corrected chi connectivity index (χ0v) is 67.4. The van der Waals surface area contributed by atoms with Crippen LogP contribution in [0.3, 0.4) is 0 Å². The van der Waals surface area contributed by atoms with Crippen LogP contribution in [0.1, 0.15) is 54.6 Å². The van der Waals surface area contributed by atoms with Gasteiger partial charge < -0.3 is 31.5 Å². The average molecular weight is 1770 g/mol. The number of fused-ring (bicyclic) bond motifs is 4. The zero-order chi connectivity index (χ0) is 91.7. The van der Waals surface area contributed by atoms with Crippen LogP contribution in [0.4, 0.5) is 86.5 Å². The van der Waals surface area contributed by atoms with Crippen molar-refractivity contribution >= 4 is 153 Å². The summed E-state index contributed by atoms with van der Waals surface area (Å²) in [5, 5.41) is 125. The highest BCUT2D eigenvalue weighted by Gasteiger charge is 2.27. The molecule has 0 atom stereocenters. The van der Waals surface area contributed by atoms with Crippen molar-refractivity contribution in [2.45, 2.75) is 14.4 Å². The first kappa shape index (κ1) is 86.9. The lowest BCUT2D eigenvalue weighted by Crippen LogP contribution is -2.13. The lowest BCUT2D eigenvalue weighted by atomic mass is 10.0. The molecule has 8 aromatic carbocycles. The minimum Gasteiger partial charge on any atom is -0.505 e. The first-order valence-electron chi connectivity index (χ1n) is 38.1. The van der Waals surface area contributed by atoms with Crippen molar-refractivity contribution in [2.75, 3.05) is 16.0 Å². The third-order valence-electron chi connectivity index (χ3n) is 18.7. The van der Waals surface area contributed by atoms with Crippen LogP contribution in [0, 0.1) is 33.2 Å². The van der Waals surface area contributed by atoms with E-state index in [0.717, 1.165) is 5.69 Å². The maximum Gasteiger partial charge on any atom is 0.261 e. The molecule has 47 nitrogen and oxygen atoms in total. The molecular formula is C86H59N39O8. The number of H-pyrrole nitrogens is 3. The summed E-state index contributed by atoms with van der Waals surface area (Å²) in [6, 6.07) is 46.2. The van der Waals surface area contributed by atoms with Crippen LogP contribution in [-0.4, -0.2) is 159 Å². The molecule has 47 heteroatoms. The van der Waals surface area contributed by atoms with Crippen LogP contribution in [-0.2, 0) is 0 Å². The number of nitrogens with two attached hydrogens (primary N) is 1. The molecule has 19 rings (SSSR count). The second kappa shape index (κ2) is 39.2. The van der Waals surface area contributed by atoms with E-state index in [9.17, 15) is 39.6 Å². The minimum absolute atomic E-state index is 0. The Bertz CT molecular complexity index is 7690. The van der Waals surface area contributed by atoms with Crippen LogP contribution >= 0.6 is 0 Å². The van der Waals surface area contributed by atoms with Gasteiger partial charge in [0, 0.05) is 76.7 Å². The summed E-state index contributed by atoms with van der Waals surface area (Å²) < 4.78 is 5.16. The zero-order valence-electron chi connectivity index (χ0n) is 67.4. The second-order valence-electron chi connectivity index (χ2n) is 26.8. The number of aromatic nitrogens is 23. The minimum atomic E-state index is -0.797. The Morgan fingerprint density at radius 2 is 0.677 bits per heavy atom.